The van der Waals surface area contributed by atoms with Gasteiger partial charge in [-0.25, -0.2) is 5.43 Å². The maximum Gasteiger partial charge on any atom is 0.325 e. The summed E-state index contributed by atoms with van der Waals surface area (Å²) in [6, 6.07) is 14.1. The third-order valence-corrected chi connectivity index (χ3v) is 4.24. The summed E-state index contributed by atoms with van der Waals surface area (Å²) in [6.07, 6.45) is 3.31. The number of benzene rings is 2. The van der Waals surface area contributed by atoms with E-state index in [1.165, 1.54) is 13.1 Å². The van der Waals surface area contributed by atoms with Crippen LogP contribution in [0.5, 0.6) is 0 Å². The quantitative estimate of drug-likeness (QED) is 0.358. The van der Waals surface area contributed by atoms with Gasteiger partial charge < -0.3 is 14.6 Å². The van der Waals surface area contributed by atoms with E-state index in [1.54, 1.807) is 42.0 Å². The summed E-state index contributed by atoms with van der Waals surface area (Å²) in [5.74, 6) is -0.951. The molecule has 0 saturated carbocycles. The second kappa shape index (κ2) is 9.51. The summed E-state index contributed by atoms with van der Waals surface area (Å²) in [6.45, 7) is 3.57. The normalized spacial score (nSPS) is 10.9. The molecular formula is C22H22N4O4. The highest BCUT2D eigenvalue weighted by molar-refractivity contribution is 6.01. The van der Waals surface area contributed by atoms with E-state index in [0.717, 1.165) is 16.5 Å². The molecule has 0 bridgehead atoms. The second-order valence-electron chi connectivity index (χ2n) is 6.50. The molecule has 2 N–H and O–H groups in total. The van der Waals surface area contributed by atoms with Crippen molar-refractivity contribution in [1.82, 2.24) is 9.99 Å². The van der Waals surface area contributed by atoms with E-state index in [2.05, 4.69) is 15.8 Å². The van der Waals surface area contributed by atoms with Gasteiger partial charge >= 0.3 is 5.97 Å². The molecule has 154 valence electrons. The Morgan fingerprint density at radius 3 is 2.70 bits per heavy atom. The van der Waals surface area contributed by atoms with Crippen molar-refractivity contribution in [3.63, 3.8) is 0 Å². The number of nitrogens with zero attached hydrogens (tertiary/aromatic N) is 2. The molecule has 8 nitrogen and oxygen atoms in total. The average molecular weight is 406 g/mol. The molecule has 0 spiro atoms. The molecule has 1 heterocycles. The van der Waals surface area contributed by atoms with Crippen LogP contribution < -0.4 is 10.7 Å². The minimum Gasteiger partial charge on any atom is -0.465 e. The number of hydrogen-bond donors (Lipinski definition) is 2. The molecule has 0 saturated heterocycles. The molecule has 8 heteroatoms. The number of nitrogens with one attached hydrogen (secondary N) is 2. The SMILES string of the molecule is CCOC(=O)Cn1cc(/C=N\NC(=O)c2cccc(NC(C)=O)c2)c2ccccc21. The lowest BCUT2D eigenvalue weighted by molar-refractivity contribution is -0.143. The Hall–Kier alpha value is -3.94. The molecule has 1 aromatic heterocycles. The van der Waals surface area contributed by atoms with Crippen LogP contribution in [0.1, 0.15) is 29.8 Å². The van der Waals surface area contributed by atoms with Gasteiger partial charge in [0.1, 0.15) is 6.54 Å². The van der Waals surface area contributed by atoms with E-state index in [9.17, 15) is 14.4 Å². The van der Waals surface area contributed by atoms with Crippen molar-refractivity contribution in [2.24, 2.45) is 5.10 Å². The summed E-state index contributed by atoms with van der Waals surface area (Å²) in [7, 11) is 0. The molecule has 0 aliphatic rings. The lowest BCUT2D eigenvalue weighted by Gasteiger charge is -2.04. The van der Waals surface area contributed by atoms with Crippen molar-refractivity contribution in [1.29, 1.82) is 0 Å². The van der Waals surface area contributed by atoms with E-state index in [1.807, 2.05) is 24.3 Å². The topological polar surface area (TPSA) is 102 Å². The lowest BCUT2D eigenvalue weighted by Crippen LogP contribution is -2.18. The van der Waals surface area contributed by atoms with Gasteiger partial charge in [-0.2, -0.15) is 5.10 Å². The largest absolute Gasteiger partial charge is 0.465 e. The zero-order valence-corrected chi connectivity index (χ0v) is 16.7. The van der Waals surface area contributed by atoms with Crippen molar-refractivity contribution in [2.45, 2.75) is 20.4 Å². The van der Waals surface area contributed by atoms with Crippen LogP contribution in [0.2, 0.25) is 0 Å². The van der Waals surface area contributed by atoms with Crippen LogP contribution in [0.4, 0.5) is 5.69 Å². The molecule has 2 amide bonds. The summed E-state index contributed by atoms with van der Waals surface area (Å²) < 4.78 is 6.81. The standard InChI is InChI=1S/C22H22N4O4/c1-3-30-21(28)14-26-13-17(19-9-4-5-10-20(19)26)12-23-25-22(29)16-7-6-8-18(11-16)24-15(2)27/h4-13H,3,14H2,1-2H3,(H,24,27)(H,25,29)/b23-12-. The third-order valence-electron chi connectivity index (χ3n) is 4.24. The van der Waals surface area contributed by atoms with Crippen LogP contribution in [0.15, 0.2) is 59.8 Å². The van der Waals surface area contributed by atoms with Crippen molar-refractivity contribution >= 4 is 40.6 Å². The van der Waals surface area contributed by atoms with Crippen molar-refractivity contribution in [2.75, 3.05) is 11.9 Å². The van der Waals surface area contributed by atoms with E-state index in [4.69, 9.17) is 4.74 Å². The minimum atomic E-state index is -0.409. The summed E-state index contributed by atoms with van der Waals surface area (Å²) >= 11 is 0. The van der Waals surface area contributed by atoms with Crippen LogP contribution >= 0.6 is 0 Å². The van der Waals surface area contributed by atoms with Crippen molar-refractivity contribution in [3.05, 3.63) is 65.9 Å². The van der Waals surface area contributed by atoms with Crippen molar-refractivity contribution < 1.29 is 19.1 Å². The van der Waals surface area contributed by atoms with E-state index in [0.29, 0.717) is 17.9 Å². The zero-order valence-electron chi connectivity index (χ0n) is 16.7. The maximum absolute atomic E-state index is 12.4. The molecule has 3 rings (SSSR count). The number of carbonyl (C=O) groups excluding carboxylic acids is 3. The number of fused-ring (bicyclic) bond motifs is 1. The summed E-state index contributed by atoms with van der Waals surface area (Å²) in [5, 5.41) is 7.57. The summed E-state index contributed by atoms with van der Waals surface area (Å²) in [4.78, 5) is 35.4. The molecule has 2 aromatic carbocycles. The second-order valence-corrected chi connectivity index (χ2v) is 6.50. The zero-order chi connectivity index (χ0) is 21.5. The first-order valence-corrected chi connectivity index (χ1v) is 9.42. The Kier molecular flexibility index (Phi) is 6.59. The van der Waals surface area contributed by atoms with Gasteiger partial charge in [0.25, 0.3) is 5.91 Å². The summed E-state index contributed by atoms with van der Waals surface area (Å²) in [5.41, 5.74) is 4.99. The average Bonchev–Trinajstić information content (AvgIpc) is 3.05. The molecule has 3 aromatic rings. The number of rotatable bonds is 7. The Balaban J connectivity index is 1.75. The van der Waals surface area contributed by atoms with Gasteiger partial charge in [0.15, 0.2) is 0 Å². The number of ether oxygens (including phenoxy) is 1. The highest BCUT2D eigenvalue weighted by Gasteiger charge is 2.11. The molecule has 0 aliphatic heterocycles. The van der Waals surface area contributed by atoms with Crippen LogP contribution in [0.25, 0.3) is 10.9 Å². The molecule has 0 atom stereocenters. The van der Waals surface area contributed by atoms with Gasteiger partial charge in [-0.3, -0.25) is 14.4 Å². The highest BCUT2D eigenvalue weighted by Crippen LogP contribution is 2.20. The Morgan fingerprint density at radius 1 is 1.13 bits per heavy atom. The fourth-order valence-electron chi connectivity index (χ4n) is 3.02. The monoisotopic (exact) mass is 406 g/mol. The molecule has 0 fully saturated rings. The minimum absolute atomic E-state index is 0.0878. The third kappa shape index (κ3) is 5.11. The number of para-hydroxylation sites is 1. The fraction of sp³-hybridized carbons (Fsp3) is 0.182. The Morgan fingerprint density at radius 2 is 1.93 bits per heavy atom. The number of amides is 2. The van der Waals surface area contributed by atoms with Crippen LogP contribution in [-0.2, 0) is 20.9 Å². The first-order valence-electron chi connectivity index (χ1n) is 9.42. The highest BCUT2D eigenvalue weighted by atomic mass is 16.5. The molecule has 0 radical (unpaired) electrons. The van der Waals surface area contributed by atoms with E-state index in [-0.39, 0.29) is 18.4 Å². The number of anilines is 1. The Bertz CT molecular complexity index is 1120. The van der Waals surface area contributed by atoms with Gasteiger partial charge in [0.05, 0.1) is 12.8 Å². The predicted molar refractivity (Wildman–Crippen MR) is 114 cm³/mol. The maximum atomic E-state index is 12.4. The molecule has 0 aliphatic carbocycles. The first kappa shape index (κ1) is 20.8. The van der Waals surface area contributed by atoms with E-state index >= 15 is 0 Å². The van der Waals surface area contributed by atoms with Gasteiger partial charge in [-0.05, 0) is 31.2 Å². The first-order chi connectivity index (χ1) is 14.5. The van der Waals surface area contributed by atoms with Gasteiger partial charge in [-0.1, -0.05) is 24.3 Å². The number of carbonyl (C=O) groups is 3. The lowest BCUT2D eigenvalue weighted by atomic mass is 10.2. The smallest absolute Gasteiger partial charge is 0.325 e. The molecule has 30 heavy (non-hydrogen) atoms. The van der Waals surface area contributed by atoms with E-state index < -0.39 is 5.91 Å². The fourth-order valence-corrected chi connectivity index (χ4v) is 3.02. The van der Waals surface area contributed by atoms with Crippen LogP contribution in [0.3, 0.4) is 0 Å². The Labute approximate surface area is 173 Å². The van der Waals surface area contributed by atoms with Gasteiger partial charge in [0.2, 0.25) is 5.91 Å². The number of hydrogen-bond acceptors (Lipinski definition) is 5. The van der Waals surface area contributed by atoms with Gasteiger partial charge in [-0.15, -0.1) is 0 Å². The molecular weight excluding hydrogens is 384 g/mol. The predicted octanol–water partition coefficient (Wildman–Crippen LogP) is 2.93. The number of esters is 1. The van der Waals surface area contributed by atoms with Crippen molar-refractivity contribution in [3.8, 4) is 0 Å². The number of hydrazone groups is 1. The van der Waals surface area contributed by atoms with Gasteiger partial charge in [0, 0.05) is 40.8 Å². The van der Waals surface area contributed by atoms with Crippen LogP contribution in [0, 0.1) is 0 Å². The number of aromatic nitrogens is 1. The van der Waals surface area contributed by atoms with Crippen LogP contribution in [-0.4, -0.2) is 35.2 Å². The molecule has 0 unspecified atom stereocenters.